The lowest BCUT2D eigenvalue weighted by molar-refractivity contribution is -0.169. The summed E-state index contributed by atoms with van der Waals surface area (Å²) in [5.41, 5.74) is 0.609. The molecule has 0 aliphatic heterocycles. The monoisotopic (exact) mass is 400 g/mol. The number of carbonyl (C=O) groups excluding carboxylic acids is 2. The Morgan fingerprint density at radius 1 is 0.862 bits per heavy atom. The first-order valence-corrected chi connectivity index (χ1v) is 9.03. The van der Waals surface area contributed by atoms with Crippen LogP contribution in [-0.4, -0.2) is 47.5 Å². The van der Waals surface area contributed by atoms with Crippen LogP contribution in [0.15, 0.2) is 36.4 Å². The highest BCUT2D eigenvalue weighted by molar-refractivity contribution is 6.03. The highest BCUT2D eigenvalue weighted by atomic mass is 16.5. The maximum atomic E-state index is 13.1. The third-order valence-corrected chi connectivity index (χ3v) is 5.47. The molecule has 0 saturated carbocycles. The molecule has 3 rings (SSSR count). The van der Waals surface area contributed by atoms with Crippen molar-refractivity contribution in [3.05, 3.63) is 53.1 Å². The van der Waals surface area contributed by atoms with Gasteiger partial charge in [-0.3, -0.25) is 9.59 Å². The van der Waals surface area contributed by atoms with Gasteiger partial charge in [-0.15, -0.1) is 0 Å². The van der Waals surface area contributed by atoms with Gasteiger partial charge in [0.1, 0.15) is 17.2 Å². The Labute approximate surface area is 169 Å². The van der Waals surface area contributed by atoms with E-state index < -0.39 is 23.3 Å². The molecule has 0 fully saturated rings. The number of rotatable bonds is 6. The van der Waals surface area contributed by atoms with Crippen LogP contribution in [0.1, 0.15) is 22.6 Å². The van der Waals surface area contributed by atoms with E-state index in [2.05, 4.69) is 0 Å². The molecule has 1 unspecified atom stereocenters. The Balaban J connectivity index is 2.40. The lowest BCUT2D eigenvalue weighted by Gasteiger charge is -2.32. The molecule has 0 amide bonds. The molecule has 1 atom stereocenters. The van der Waals surface area contributed by atoms with Crippen molar-refractivity contribution < 1.29 is 33.3 Å². The van der Waals surface area contributed by atoms with E-state index in [0.29, 0.717) is 22.8 Å². The van der Waals surface area contributed by atoms with Gasteiger partial charge in [-0.2, -0.15) is 0 Å². The third kappa shape index (κ3) is 3.06. The van der Waals surface area contributed by atoms with E-state index in [1.807, 2.05) is 24.3 Å². The maximum absolute atomic E-state index is 13.1. The van der Waals surface area contributed by atoms with Crippen molar-refractivity contribution in [2.45, 2.75) is 12.3 Å². The molecule has 0 N–H and O–H groups in total. The second kappa shape index (κ2) is 8.03. The van der Waals surface area contributed by atoms with Gasteiger partial charge in [-0.05, 0) is 11.1 Å². The van der Waals surface area contributed by atoms with E-state index in [4.69, 9.17) is 23.7 Å². The summed E-state index contributed by atoms with van der Waals surface area (Å²) in [7, 11) is 7.07. The molecule has 154 valence electrons. The number of hydrogen-bond donors (Lipinski definition) is 0. The molecule has 0 radical (unpaired) electrons. The normalized spacial score (nSPS) is 16.5. The second-order valence-electron chi connectivity index (χ2n) is 6.71. The first-order valence-electron chi connectivity index (χ1n) is 9.03. The number of benzene rings is 2. The van der Waals surface area contributed by atoms with E-state index in [9.17, 15) is 9.59 Å². The summed E-state index contributed by atoms with van der Waals surface area (Å²) in [5, 5.41) is 0. The average molecular weight is 400 g/mol. The summed E-state index contributed by atoms with van der Waals surface area (Å²) < 4.78 is 26.7. The van der Waals surface area contributed by atoms with Crippen molar-refractivity contribution in [2.24, 2.45) is 5.41 Å². The highest BCUT2D eigenvalue weighted by Crippen LogP contribution is 2.57. The SMILES string of the molecule is COC(=O)C1(C(=O)OC)Cc2ccccc2C1c1c(OC)cc(OC)cc1OC. The number of hydrogen-bond acceptors (Lipinski definition) is 7. The molecule has 7 heteroatoms. The molecule has 0 bridgehead atoms. The molecule has 7 nitrogen and oxygen atoms in total. The van der Waals surface area contributed by atoms with Gasteiger partial charge in [0.25, 0.3) is 0 Å². The molecule has 0 saturated heterocycles. The zero-order valence-corrected chi connectivity index (χ0v) is 17.1. The van der Waals surface area contributed by atoms with Crippen LogP contribution in [0.5, 0.6) is 17.2 Å². The lowest BCUT2D eigenvalue weighted by Crippen LogP contribution is -2.45. The molecular formula is C22H24O7. The Hall–Kier alpha value is -3.22. The first-order chi connectivity index (χ1) is 14.0. The van der Waals surface area contributed by atoms with Crippen molar-refractivity contribution in [3.63, 3.8) is 0 Å². The Morgan fingerprint density at radius 2 is 1.41 bits per heavy atom. The maximum Gasteiger partial charge on any atom is 0.324 e. The minimum atomic E-state index is -1.61. The first kappa shape index (κ1) is 20.5. The fourth-order valence-corrected chi connectivity index (χ4v) is 4.19. The quantitative estimate of drug-likeness (QED) is 0.545. The number of fused-ring (bicyclic) bond motifs is 1. The van der Waals surface area contributed by atoms with Gasteiger partial charge < -0.3 is 23.7 Å². The number of esters is 2. The van der Waals surface area contributed by atoms with Crippen molar-refractivity contribution in [1.29, 1.82) is 0 Å². The molecule has 1 aliphatic carbocycles. The molecule has 29 heavy (non-hydrogen) atoms. The predicted molar refractivity (Wildman–Crippen MR) is 105 cm³/mol. The summed E-state index contributed by atoms with van der Waals surface area (Å²) in [6, 6.07) is 10.9. The minimum absolute atomic E-state index is 0.144. The summed E-state index contributed by atoms with van der Waals surface area (Å²) in [6.07, 6.45) is 0.144. The van der Waals surface area contributed by atoms with Crippen LogP contribution < -0.4 is 14.2 Å². The topological polar surface area (TPSA) is 80.3 Å². The fraction of sp³-hybridized carbons (Fsp3) is 0.364. The Bertz CT molecular complexity index is 894. The van der Waals surface area contributed by atoms with Crippen LogP contribution in [0.25, 0.3) is 0 Å². The van der Waals surface area contributed by atoms with Gasteiger partial charge in [-0.1, -0.05) is 24.3 Å². The van der Waals surface area contributed by atoms with Gasteiger partial charge in [0, 0.05) is 30.0 Å². The smallest absolute Gasteiger partial charge is 0.324 e. The minimum Gasteiger partial charge on any atom is -0.496 e. The number of ether oxygens (including phenoxy) is 5. The van der Waals surface area contributed by atoms with Crippen LogP contribution in [0.2, 0.25) is 0 Å². The van der Waals surface area contributed by atoms with Crippen molar-refractivity contribution in [3.8, 4) is 17.2 Å². The molecule has 2 aromatic carbocycles. The Morgan fingerprint density at radius 3 is 1.90 bits per heavy atom. The van der Waals surface area contributed by atoms with E-state index in [-0.39, 0.29) is 6.42 Å². The molecule has 2 aromatic rings. The van der Waals surface area contributed by atoms with Crippen LogP contribution >= 0.6 is 0 Å². The summed E-state index contributed by atoms with van der Waals surface area (Å²) in [6.45, 7) is 0. The molecule has 0 spiro atoms. The zero-order chi connectivity index (χ0) is 21.2. The van der Waals surface area contributed by atoms with Gasteiger partial charge in [0.2, 0.25) is 0 Å². The van der Waals surface area contributed by atoms with Gasteiger partial charge in [0.05, 0.1) is 35.5 Å². The van der Waals surface area contributed by atoms with Crippen LogP contribution in [0.4, 0.5) is 0 Å². The highest BCUT2D eigenvalue weighted by Gasteiger charge is 2.61. The van der Waals surface area contributed by atoms with E-state index in [1.165, 1.54) is 35.5 Å². The van der Waals surface area contributed by atoms with Crippen molar-refractivity contribution in [1.82, 2.24) is 0 Å². The number of carbonyl (C=O) groups is 2. The second-order valence-corrected chi connectivity index (χ2v) is 6.71. The average Bonchev–Trinajstić information content (AvgIpc) is 3.12. The van der Waals surface area contributed by atoms with E-state index in [0.717, 1.165) is 11.1 Å². The Kier molecular flexibility index (Phi) is 5.68. The third-order valence-electron chi connectivity index (χ3n) is 5.47. The molecular weight excluding hydrogens is 376 g/mol. The number of methoxy groups -OCH3 is 5. The summed E-state index contributed by atoms with van der Waals surface area (Å²) in [5.74, 6) is -0.694. The van der Waals surface area contributed by atoms with Gasteiger partial charge in [0.15, 0.2) is 5.41 Å². The van der Waals surface area contributed by atoms with E-state index >= 15 is 0 Å². The molecule has 1 aliphatic rings. The lowest BCUT2D eigenvalue weighted by atomic mass is 9.71. The van der Waals surface area contributed by atoms with Crippen LogP contribution in [0.3, 0.4) is 0 Å². The van der Waals surface area contributed by atoms with Crippen LogP contribution in [0, 0.1) is 5.41 Å². The largest absolute Gasteiger partial charge is 0.496 e. The van der Waals surface area contributed by atoms with Gasteiger partial charge >= 0.3 is 11.9 Å². The van der Waals surface area contributed by atoms with Crippen molar-refractivity contribution >= 4 is 11.9 Å². The predicted octanol–water partition coefficient (Wildman–Crippen LogP) is 2.73. The zero-order valence-electron chi connectivity index (χ0n) is 17.1. The molecule has 0 heterocycles. The standard InChI is InChI=1S/C22H24O7/c1-25-14-10-16(26-2)18(17(11-14)27-3)19-15-9-7-6-8-13(15)12-22(19,20(23)28-4)21(24)29-5/h6-11,19H,12H2,1-5H3. The molecule has 0 aromatic heterocycles. The summed E-state index contributed by atoms with van der Waals surface area (Å²) >= 11 is 0. The van der Waals surface area contributed by atoms with Gasteiger partial charge in [-0.25, -0.2) is 0 Å². The van der Waals surface area contributed by atoms with Crippen molar-refractivity contribution in [2.75, 3.05) is 35.5 Å². The summed E-state index contributed by atoms with van der Waals surface area (Å²) in [4.78, 5) is 26.2. The van der Waals surface area contributed by atoms with E-state index in [1.54, 1.807) is 12.1 Å². The fourth-order valence-electron chi connectivity index (χ4n) is 4.19. The van der Waals surface area contributed by atoms with Crippen LogP contribution in [-0.2, 0) is 25.5 Å².